The van der Waals surface area contributed by atoms with Crippen LogP contribution < -0.4 is 15.2 Å². The number of sulfonamides is 1. The van der Waals surface area contributed by atoms with E-state index in [1.807, 2.05) is 0 Å². The molecule has 4 N–H and O–H groups in total. The average Bonchev–Trinajstić information content (AvgIpc) is 3.13. The van der Waals surface area contributed by atoms with Gasteiger partial charge in [-0.1, -0.05) is 29.8 Å². The summed E-state index contributed by atoms with van der Waals surface area (Å²) in [4.78, 5) is 8.41. The van der Waals surface area contributed by atoms with Crippen molar-refractivity contribution in [2.24, 2.45) is 5.14 Å². The number of hydrogen-bond donors (Lipinski definition) is 3. The van der Waals surface area contributed by atoms with Gasteiger partial charge in [-0.3, -0.25) is 5.10 Å². The van der Waals surface area contributed by atoms with Crippen LogP contribution in [0.5, 0.6) is 11.8 Å². The number of H-pyrrole nitrogens is 1. The smallest absolute Gasteiger partial charge is 0.326 e. The van der Waals surface area contributed by atoms with Gasteiger partial charge in [-0.25, -0.2) is 22.3 Å². The van der Waals surface area contributed by atoms with E-state index in [-0.39, 0.29) is 35.5 Å². The monoisotopic (exact) mass is 480 g/mol. The third-order valence-electron chi connectivity index (χ3n) is 4.30. The Morgan fingerprint density at radius 1 is 1.16 bits per heavy atom. The van der Waals surface area contributed by atoms with Gasteiger partial charge in [0.1, 0.15) is 17.3 Å². The lowest BCUT2D eigenvalue weighted by Crippen LogP contribution is -2.22. The molecule has 0 aliphatic heterocycles. The van der Waals surface area contributed by atoms with E-state index < -0.39 is 21.7 Å². The van der Waals surface area contributed by atoms with Crippen molar-refractivity contribution in [3.05, 3.63) is 59.1 Å². The fraction of sp³-hybridized carbons (Fsp3) is 0.105. The normalized spacial score (nSPS) is 11.6. The van der Waals surface area contributed by atoms with E-state index in [0.29, 0.717) is 27.7 Å². The van der Waals surface area contributed by atoms with Gasteiger partial charge in [0.05, 0.1) is 16.2 Å². The molecule has 0 amide bonds. The van der Waals surface area contributed by atoms with E-state index in [1.54, 1.807) is 24.3 Å². The molecule has 4 aromatic rings. The molecule has 9 nitrogen and oxygen atoms in total. The molecule has 2 aromatic heterocycles. The number of nitrogens with zero attached hydrogens (tertiary/aromatic N) is 3. The Bertz CT molecular complexity index is 1410. The van der Waals surface area contributed by atoms with Crippen molar-refractivity contribution < 1.29 is 21.9 Å². The minimum atomic E-state index is -3.74. The predicted molar refractivity (Wildman–Crippen MR) is 115 cm³/mol. The Balaban J connectivity index is 1.79. The molecule has 0 saturated heterocycles. The summed E-state index contributed by atoms with van der Waals surface area (Å²) in [6.07, 6.45) is 0. The molecule has 0 atom stereocenters. The number of nitrogens with one attached hydrogen (secondary N) is 2. The zero-order valence-electron chi connectivity index (χ0n) is 16.1. The first-order chi connectivity index (χ1) is 15.2. The van der Waals surface area contributed by atoms with Crippen molar-refractivity contribution in [2.45, 2.75) is 0 Å². The fourth-order valence-electron chi connectivity index (χ4n) is 2.90. The van der Waals surface area contributed by atoms with Crippen molar-refractivity contribution in [2.75, 3.05) is 17.6 Å². The molecular formula is C19H15ClF2N6O3S. The third kappa shape index (κ3) is 4.77. The average molecular weight is 481 g/mol. The van der Waals surface area contributed by atoms with Crippen LogP contribution in [-0.2, 0) is 10.0 Å². The maximum atomic E-state index is 14.0. The maximum Gasteiger partial charge on any atom is 0.326 e. The summed E-state index contributed by atoms with van der Waals surface area (Å²) >= 11 is 6.29. The molecule has 32 heavy (non-hydrogen) atoms. The van der Waals surface area contributed by atoms with Crippen molar-refractivity contribution in [3.63, 3.8) is 0 Å². The largest absolute Gasteiger partial charge is 0.421 e. The van der Waals surface area contributed by atoms with E-state index >= 15 is 0 Å². The standard InChI is InChI=1S/C19H15ClF2N6O3S/c20-12-4-2-1-3-11(12)16-15-17(24-7-8-32(23,29)30)25-19(26-18(15)28-27-16)31-14-6-5-10(21)9-13(14)22/h1-6,9H,7-8H2,(H2,23,29,30)(H2,24,25,26,27,28). The molecular weight excluding hydrogens is 466 g/mol. The molecule has 0 fully saturated rings. The lowest BCUT2D eigenvalue weighted by Gasteiger charge is -2.10. The van der Waals surface area contributed by atoms with Crippen LogP contribution in [0.15, 0.2) is 42.5 Å². The van der Waals surface area contributed by atoms with Crippen LogP contribution >= 0.6 is 11.6 Å². The number of aromatic nitrogens is 4. The van der Waals surface area contributed by atoms with Crippen LogP contribution in [0.4, 0.5) is 14.6 Å². The molecule has 0 unspecified atom stereocenters. The number of rotatable bonds is 7. The molecule has 166 valence electrons. The molecule has 0 radical (unpaired) electrons. The SMILES string of the molecule is NS(=O)(=O)CCNc1nc(Oc2ccc(F)cc2F)nc2[nH]nc(-c3ccccc3Cl)c12. The quantitative estimate of drug-likeness (QED) is 0.368. The highest BCUT2D eigenvalue weighted by Crippen LogP contribution is 2.35. The summed E-state index contributed by atoms with van der Waals surface area (Å²) in [7, 11) is -3.74. The summed E-state index contributed by atoms with van der Waals surface area (Å²) in [6, 6.07) is 9.44. The van der Waals surface area contributed by atoms with Crippen molar-refractivity contribution >= 4 is 38.5 Å². The predicted octanol–water partition coefficient (Wildman–Crippen LogP) is 3.44. The number of fused-ring (bicyclic) bond motifs is 1. The molecule has 0 aliphatic rings. The molecule has 4 rings (SSSR count). The summed E-state index contributed by atoms with van der Waals surface area (Å²) in [5, 5.41) is 15.7. The fourth-order valence-corrected chi connectivity index (χ4v) is 3.51. The Hall–Kier alpha value is -3.35. The Morgan fingerprint density at radius 3 is 2.66 bits per heavy atom. The summed E-state index contributed by atoms with van der Waals surface area (Å²) in [6.45, 7) is -0.0809. The zero-order chi connectivity index (χ0) is 22.9. The van der Waals surface area contributed by atoms with Gasteiger partial charge in [0, 0.05) is 18.2 Å². The molecule has 0 spiro atoms. The van der Waals surface area contributed by atoms with Gasteiger partial charge in [-0.05, 0) is 18.2 Å². The van der Waals surface area contributed by atoms with Gasteiger partial charge in [-0.15, -0.1) is 0 Å². The number of primary sulfonamides is 1. The van der Waals surface area contributed by atoms with Crippen LogP contribution in [-0.4, -0.2) is 40.9 Å². The van der Waals surface area contributed by atoms with Gasteiger partial charge < -0.3 is 10.1 Å². The van der Waals surface area contributed by atoms with Gasteiger partial charge >= 0.3 is 6.01 Å². The van der Waals surface area contributed by atoms with Crippen LogP contribution in [0.3, 0.4) is 0 Å². The number of anilines is 1. The maximum absolute atomic E-state index is 14.0. The van der Waals surface area contributed by atoms with E-state index in [2.05, 4.69) is 25.5 Å². The number of ether oxygens (including phenoxy) is 1. The summed E-state index contributed by atoms with van der Waals surface area (Å²) in [5.74, 6) is -2.24. The molecule has 2 aromatic carbocycles. The summed E-state index contributed by atoms with van der Waals surface area (Å²) < 4.78 is 55.2. The molecule has 0 saturated carbocycles. The number of hydrogen-bond acceptors (Lipinski definition) is 7. The summed E-state index contributed by atoms with van der Waals surface area (Å²) in [5.41, 5.74) is 1.20. The van der Waals surface area contributed by atoms with Gasteiger partial charge in [0.2, 0.25) is 10.0 Å². The van der Waals surface area contributed by atoms with Crippen molar-refractivity contribution in [1.82, 2.24) is 20.2 Å². The molecule has 2 heterocycles. The number of nitrogens with two attached hydrogens (primary N) is 1. The number of aromatic amines is 1. The second-order valence-corrected chi connectivity index (χ2v) is 8.74. The van der Waals surface area contributed by atoms with Gasteiger partial charge in [-0.2, -0.15) is 15.1 Å². The first kappa shape index (κ1) is 21.9. The first-order valence-electron chi connectivity index (χ1n) is 9.09. The number of benzene rings is 2. The van der Waals surface area contributed by atoms with E-state index in [4.69, 9.17) is 21.5 Å². The van der Waals surface area contributed by atoms with Crippen molar-refractivity contribution in [1.29, 1.82) is 0 Å². The molecule has 13 heteroatoms. The topological polar surface area (TPSA) is 136 Å². The van der Waals surface area contributed by atoms with E-state index in [9.17, 15) is 17.2 Å². The Morgan fingerprint density at radius 2 is 1.94 bits per heavy atom. The van der Waals surface area contributed by atoms with Gasteiger partial charge in [0.25, 0.3) is 0 Å². The van der Waals surface area contributed by atoms with Crippen molar-refractivity contribution in [3.8, 4) is 23.0 Å². The third-order valence-corrected chi connectivity index (χ3v) is 5.40. The Labute approximate surface area is 185 Å². The van der Waals surface area contributed by atoms with Crippen LogP contribution in [0.25, 0.3) is 22.3 Å². The first-order valence-corrected chi connectivity index (χ1v) is 11.2. The Kier molecular flexibility index (Phi) is 5.91. The lowest BCUT2D eigenvalue weighted by atomic mass is 10.1. The highest BCUT2D eigenvalue weighted by molar-refractivity contribution is 7.89. The van der Waals surface area contributed by atoms with Gasteiger partial charge in [0.15, 0.2) is 17.2 Å². The minimum absolute atomic E-state index is 0.0809. The van der Waals surface area contributed by atoms with Crippen LogP contribution in [0.2, 0.25) is 5.02 Å². The van der Waals surface area contributed by atoms with E-state index in [1.165, 1.54) is 0 Å². The lowest BCUT2D eigenvalue weighted by molar-refractivity contribution is 0.410. The highest BCUT2D eigenvalue weighted by Gasteiger charge is 2.20. The van der Waals surface area contributed by atoms with E-state index in [0.717, 1.165) is 12.1 Å². The zero-order valence-corrected chi connectivity index (χ0v) is 17.7. The molecule has 0 bridgehead atoms. The minimum Gasteiger partial charge on any atom is -0.421 e. The molecule has 0 aliphatic carbocycles. The van der Waals surface area contributed by atoms with Crippen LogP contribution in [0.1, 0.15) is 0 Å². The van der Waals surface area contributed by atoms with Crippen LogP contribution in [0, 0.1) is 11.6 Å². The highest BCUT2D eigenvalue weighted by atomic mass is 35.5. The number of halogens is 3. The second kappa shape index (κ2) is 8.65. The second-order valence-electron chi connectivity index (χ2n) is 6.60.